The van der Waals surface area contributed by atoms with Crippen molar-refractivity contribution in [2.45, 2.75) is 51.0 Å². The highest BCUT2D eigenvalue weighted by Gasteiger charge is 2.28. The van der Waals surface area contributed by atoms with Crippen LogP contribution < -0.4 is 5.32 Å². The number of hydrogen-bond acceptors (Lipinski definition) is 4. The Morgan fingerprint density at radius 3 is 3.20 bits per heavy atom. The van der Waals surface area contributed by atoms with Crippen molar-refractivity contribution in [1.29, 1.82) is 0 Å². The Hall–Kier alpha value is -0.710. The van der Waals surface area contributed by atoms with Gasteiger partial charge in [-0.1, -0.05) is 6.92 Å². The van der Waals surface area contributed by atoms with E-state index >= 15 is 0 Å². The molecule has 0 saturated carbocycles. The van der Waals surface area contributed by atoms with E-state index in [0.717, 1.165) is 13.0 Å². The smallest absolute Gasteiger partial charge is 0.0794 e. The number of nitrogens with zero attached hydrogens (tertiary/aromatic N) is 1. The summed E-state index contributed by atoms with van der Waals surface area (Å²) in [6.07, 6.45) is 8.29. The molecule has 0 aromatic carbocycles. The van der Waals surface area contributed by atoms with Crippen LogP contribution in [0.15, 0.2) is 23.2 Å². The largest absolute Gasteiger partial charge is 0.313 e. The van der Waals surface area contributed by atoms with Gasteiger partial charge in [-0.15, -0.1) is 22.7 Å². The van der Waals surface area contributed by atoms with Crippen molar-refractivity contribution in [2.24, 2.45) is 0 Å². The second-order valence-corrected chi connectivity index (χ2v) is 7.50. The van der Waals surface area contributed by atoms with Gasteiger partial charge in [0, 0.05) is 27.9 Å². The summed E-state index contributed by atoms with van der Waals surface area (Å²) in [6.45, 7) is 3.35. The van der Waals surface area contributed by atoms with Crippen molar-refractivity contribution in [1.82, 2.24) is 10.3 Å². The molecule has 0 fully saturated rings. The number of thiophene rings is 1. The van der Waals surface area contributed by atoms with Crippen LogP contribution in [0.2, 0.25) is 0 Å². The van der Waals surface area contributed by atoms with E-state index in [9.17, 15) is 0 Å². The molecule has 2 aromatic heterocycles. The molecular formula is C16H22N2S2. The lowest BCUT2D eigenvalue weighted by atomic mass is 9.81. The van der Waals surface area contributed by atoms with Crippen LogP contribution in [0.1, 0.15) is 47.4 Å². The molecule has 0 amide bonds. The van der Waals surface area contributed by atoms with E-state index in [2.05, 4.69) is 28.7 Å². The lowest BCUT2D eigenvalue weighted by molar-refractivity contribution is 0.393. The highest BCUT2D eigenvalue weighted by Crippen LogP contribution is 2.38. The number of hydrogen-bond donors (Lipinski definition) is 1. The maximum Gasteiger partial charge on any atom is 0.0794 e. The summed E-state index contributed by atoms with van der Waals surface area (Å²) >= 11 is 3.72. The van der Waals surface area contributed by atoms with Crippen LogP contribution in [0.4, 0.5) is 0 Å². The van der Waals surface area contributed by atoms with Crippen LogP contribution in [-0.4, -0.2) is 17.6 Å². The molecule has 2 unspecified atom stereocenters. The monoisotopic (exact) mass is 306 g/mol. The molecule has 1 N–H and O–H groups in total. The Labute approximate surface area is 129 Å². The molecule has 2 heterocycles. The predicted molar refractivity (Wildman–Crippen MR) is 87.9 cm³/mol. The van der Waals surface area contributed by atoms with Crippen molar-refractivity contribution in [2.75, 3.05) is 6.54 Å². The van der Waals surface area contributed by atoms with Gasteiger partial charge in [0.1, 0.15) is 0 Å². The first-order valence-electron chi connectivity index (χ1n) is 7.55. The second-order valence-electron chi connectivity index (χ2n) is 5.53. The normalized spacial score (nSPS) is 19.8. The van der Waals surface area contributed by atoms with Crippen molar-refractivity contribution in [3.05, 3.63) is 38.5 Å². The van der Waals surface area contributed by atoms with Crippen molar-refractivity contribution in [3.63, 3.8) is 0 Å². The first-order chi connectivity index (χ1) is 9.88. The minimum atomic E-state index is 0.559. The Bertz CT molecular complexity index is 518. The number of aryl methyl sites for hydroxylation is 1. The molecule has 0 spiro atoms. The molecule has 4 heteroatoms. The SMILES string of the molecule is CCCNC(Cc1cncs1)C1CCCc2sccc21. The summed E-state index contributed by atoms with van der Waals surface area (Å²) < 4.78 is 0. The molecule has 1 aliphatic rings. The molecule has 0 aliphatic heterocycles. The van der Waals surface area contributed by atoms with Gasteiger partial charge < -0.3 is 5.32 Å². The lowest BCUT2D eigenvalue weighted by Gasteiger charge is -2.31. The predicted octanol–water partition coefficient (Wildman–Crippen LogP) is 4.24. The van der Waals surface area contributed by atoms with Crippen LogP contribution in [0.25, 0.3) is 0 Å². The standard InChI is InChI=1S/C16H22N2S2/c1-2-7-18-15(9-12-10-17-11-20-12)13-4-3-5-16-14(13)6-8-19-16/h6,8,10-11,13,15,18H,2-5,7,9H2,1H3. The van der Waals surface area contributed by atoms with E-state index in [1.54, 1.807) is 21.8 Å². The second kappa shape index (κ2) is 6.83. The number of nitrogens with one attached hydrogen (secondary N) is 1. The third-order valence-electron chi connectivity index (χ3n) is 4.15. The van der Waals surface area contributed by atoms with E-state index in [0.29, 0.717) is 12.0 Å². The Kier molecular flexibility index (Phi) is 4.86. The van der Waals surface area contributed by atoms with Gasteiger partial charge in [0.25, 0.3) is 0 Å². The summed E-state index contributed by atoms with van der Waals surface area (Å²) in [5.74, 6) is 0.679. The molecule has 1 aliphatic carbocycles. The molecule has 0 saturated heterocycles. The summed E-state index contributed by atoms with van der Waals surface area (Å²) in [6, 6.07) is 2.92. The number of aromatic nitrogens is 1. The quantitative estimate of drug-likeness (QED) is 0.863. The average molecular weight is 306 g/mol. The Morgan fingerprint density at radius 2 is 2.40 bits per heavy atom. The molecule has 20 heavy (non-hydrogen) atoms. The molecule has 2 atom stereocenters. The molecule has 2 nitrogen and oxygen atoms in total. The van der Waals surface area contributed by atoms with Crippen LogP contribution >= 0.6 is 22.7 Å². The van der Waals surface area contributed by atoms with Gasteiger partial charge >= 0.3 is 0 Å². The average Bonchev–Trinajstić information content (AvgIpc) is 3.13. The van der Waals surface area contributed by atoms with E-state index in [4.69, 9.17) is 0 Å². The van der Waals surface area contributed by atoms with Gasteiger partial charge in [-0.25, -0.2) is 0 Å². The molecule has 108 valence electrons. The van der Waals surface area contributed by atoms with Crippen molar-refractivity contribution in [3.8, 4) is 0 Å². The summed E-state index contributed by atoms with van der Waals surface area (Å²) in [4.78, 5) is 7.25. The van der Waals surface area contributed by atoms with Crippen molar-refractivity contribution < 1.29 is 0 Å². The maximum absolute atomic E-state index is 4.23. The van der Waals surface area contributed by atoms with E-state index in [1.165, 1.54) is 30.6 Å². The zero-order valence-corrected chi connectivity index (χ0v) is 13.6. The molecule has 0 radical (unpaired) electrons. The maximum atomic E-state index is 4.23. The van der Waals surface area contributed by atoms with E-state index < -0.39 is 0 Å². The lowest BCUT2D eigenvalue weighted by Crippen LogP contribution is -2.38. The van der Waals surface area contributed by atoms with Crippen LogP contribution in [0.5, 0.6) is 0 Å². The van der Waals surface area contributed by atoms with Crippen molar-refractivity contribution >= 4 is 22.7 Å². The molecule has 0 bridgehead atoms. The highest BCUT2D eigenvalue weighted by molar-refractivity contribution is 7.10. The van der Waals surface area contributed by atoms with Gasteiger partial charge in [0.2, 0.25) is 0 Å². The van der Waals surface area contributed by atoms with Crippen LogP contribution in [0, 0.1) is 0 Å². The van der Waals surface area contributed by atoms with Gasteiger partial charge in [-0.05, 0) is 55.7 Å². The number of rotatable bonds is 6. The van der Waals surface area contributed by atoms with E-state index in [-0.39, 0.29) is 0 Å². The minimum Gasteiger partial charge on any atom is -0.313 e. The van der Waals surface area contributed by atoms with Gasteiger partial charge in [0.15, 0.2) is 0 Å². The fourth-order valence-electron chi connectivity index (χ4n) is 3.19. The van der Waals surface area contributed by atoms with Gasteiger partial charge in [-0.2, -0.15) is 0 Å². The third kappa shape index (κ3) is 3.13. The summed E-state index contributed by atoms with van der Waals surface area (Å²) in [5, 5.41) is 6.06. The van der Waals surface area contributed by atoms with Crippen LogP contribution in [-0.2, 0) is 12.8 Å². The fourth-order valence-corrected chi connectivity index (χ4v) is 4.84. The molecule has 2 aromatic rings. The first kappa shape index (κ1) is 14.2. The third-order valence-corrected chi connectivity index (χ3v) is 5.94. The topological polar surface area (TPSA) is 24.9 Å². The number of thiazole rings is 1. The van der Waals surface area contributed by atoms with Gasteiger partial charge in [0.05, 0.1) is 5.51 Å². The zero-order valence-electron chi connectivity index (χ0n) is 12.0. The first-order valence-corrected chi connectivity index (χ1v) is 9.31. The summed E-state index contributed by atoms with van der Waals surface area (Å²) in [5.41, 5.74) is 3.56. The molecular weight excluding hydrogens is 284 g/mol. The number of fused-ring (bicyclic) bond motifs is 1. The van der Waals surface area contributed by atoms with Crippen LogP contribution in [0.3, 0.4) is 0 Å². The van der Waals surface area contributed by atoms with Gasteiger partial charge in [-0.3, -0.25) is 4.98 Å². The molecule has 3 rings (SSSR count). The fraction of sp³-hybridized carbons (Fsp3) is 0.562. The van der Waals surface area contributed by atoms with E-state index in [1.807, 2.05) is 23.0 Å². The zero-order chi connectivity index (χ0) is 13.8. The minimum absolute atomic E-state index is 0.559. The summed E-state index contributed by atoms with van der Waals surface area (Å²) in [7, 11) is 0. The Balaban J connectivity index is 1.79. The Morgan fingerprint density at radius 1 is 1.45 bits per heavy atom. The highest BCUT2D eigenvalue weighted by atomic mass is 32.1.